The summed E-state index contributed by atoms with van der Waals surface area (Å²) in [5, 5.41) is 3.13. The number of nitrogens with zero attached hydrogens (tertiary/aromatic N) is 3. The molecule has 0 bridgehead atoms. The molecule has 0 aliphatic carbocycles. The van der Waals surface area contributed by atoms with Gasteiger partial charge in [-0.3, -0.25) is 0 Å². The zero-order chi connectivity index (χ0) is 10.5. The molecule has 0 atom stereocenters. The van der Waals surface area contributed by atoms with E-state index in [9.17, 15) is 0 Å². The van der Waals surface area contributed by atoms with Crippen molar-refractivity contribution in [1.82, 2.24) is 15.3 Å². The minimum absolute atomic E-state index is 0.904. The second kappa shape index (κ2) is 5.07. The van der Waals surface area contributed by atoms with Gasteiger partial charge in [0.25, 0.3) is 0 Å². The molecule has 0 aromatic carbocycles. The second-order valence-electron chi connectivity index (χ2n) is 3.90. The standard InChI is InChI=1S/C11H18N4/c1-12-6-4-10-5-7-13-11(14-10)15-8-2-3-9-15/h5,7,12H,2-4,6,8-9H2,1H3. The molecule has 1 aromatic rings. The van der Waals surface area contributed by atoms with E-state index >= 15 is 0 Å². The SMILES string of the molecule is CNCCc1ccnc(N2CCCC2)n1. The molecular formula is C11H18N4. The monoisotopic (exact) mass is 206 g/mol. The van der Waals surface area contributed by atoms with Crippen LogP contribution >= 0.6 is 0 Å². The van der Waals surface area contributed by atoms with Crippen molar-refractivity contribution in [3.05, 3.63) is 18.0 Å². The van der Waals surface area contributed by atoms with Crippen LogP contribution in [0.3, 0.4) is 0 Å². The normalized spacial score (nSPS) is 15.9. The molecular weight excluding hydrogens is 188 g/mol. The van der Waals surface area contributed by atoms with E-state index in [1.54, 1.807) is 0 Å². The molecule has 4 heteroatoms. The minimum atomic E-state index is 0.904. The molecule has 1 aliphatic heterocycles. The highest BCUT2D eigenvalue weighted by Gasteiger charge is 2.14. The summed E-state index contributed by atoms with van der Waals surface area (Å²) in [4.78, 5) is 11.2. The second-order valence-corrected chi connectivity index (χ2v) is 3.90. The fraction of sp³-hybridized carbons (Fsp3) is 0.636. The van der Waals surface area contributed by atoms with Gasteiger partial charge in [0.2, 0.25) is 5.95 Å². The van der Waals surface area contributed by atoms with Gasteiger partial charge in [0.1, 0.15) is 0 Å². The third-order valence-electron chi connectivity index (χ3n) is 2.72. The summed E-state index contributed by atoms with van der Waals surface area (Å²) in [7, 11) is 1.96. The molecule has 15 heavy (non-hydrogen) atoms. The van der Waals surface area contributed by atoms with E-state index in [0.717, 1.165) is 37.7 Å². The van der Waals surface area contributed by atoms with Crippen LogP contribution in [-0.2, 0) is 6.42 Å². The average Bonchev–Trinajstić information content (AvgIpc) is 2.80. The predicted octanol–water partition coefficient (Wildman–Crippen LogP) is 0.839. The first kappa shape index (κ1) is 10.4. The van der Waals surface area contributed by atoms with Crippen LogP contribution in [-0.4, -0.2) is 36.6 Å². The maximum atomic E-state index is 4.57. The number of aromatic nitrogens is 2. The molecule has 0 radical (unpaired) electrons. The first-order valence-electron chi connectivity index (χ1n) is 5.61. The Kier molecular flexibility index (Phi) is 3.50. The Morgan fingerprint density at radius 1 is 1.40 bits per heavy atom. The Labute approximate surface area is 90.7 Å². The fourth-order valence-electron chi connectivity index (χ4n) is 1.85. The van der Waals surface area contributed by atoms with Gasteiger partial charge in [-0.25, -0.2) is 9.97 Å². The summed E-state index contributed by atoms with van der Waals surface area (Å²) in [5.74, 6) is 0.904. The van der Waals surface area contributed by atoms with E-state index < -0.39 is 0 Å². The third-order valence-corrected chi connectivity index (χ3v) is 2.72. The highest BCUT2D eigenvalue weighted by molar-refractivity contribution is 5.31. The van der Waals surface area contributed by atoms with E-state index in [1.165, 1.54) is 12.8 Å². The Bertz CT molecular complexity index is 307. The van der Waals surface area contributed by atoms with Gasteiger partial charge in [0.15, 0.2) is 0 Å². The molecule has 1 saturated heterocycles. The molecule has 0 unspecified atom stereocenters. The van der Waals surface area contributed by atoms with Gasteiger partial charge in [-0.2, -0.15) is 0 Å². The lowest BCUT2D eigenvalue weighted by Crippen LogP contribution is -2.21. The number of hydrogen-bond donors (Lipinski definition) is 1. The average molecular weight is 206 g/mol. The van der Waals surface area contributed by atoms with Crippen LogP contribution in [0.25, 0.3) is 0 Å². The van der Waals surface area contributed by atoms with Gasteiger partial charge in [0.05, 0.1) is 0 Å². The van der Waals surface area contributed by atoms with Crippen LogP contribution in [0.4, 0.5) is 5.95 Å². The molecule has 1 N–H and O–H groups in total. The topological polar surface area (TPSA) is 41.1 Å². The van der Waals surface area contributed by atoms with Crippen molar-refractivity contribution in [2.24, 2.45) is 0 Å². The van der Waals surface area contributed by atoms with Gasteiger partial charge >= 0.3 is 0 Å². The Hall–Kier alpha value is -1.16. The number of likely N-dealkylation sites (N-methyl/N-ethyl adjacent to an activating group) is 1. The molecule has 82 valence electrons. The van der Waals surface area contributed by atoms with Gasteiger partial charge in [0, 0.05) is 37.9 Å². The van der Waals surface area contributed by atoms with Crippen molar-refractivity contribution >= 4 is 5.95 Å². The molecule has 2 rings (SSSR count). The van der Waals surface area contributed by atoms with Crippen LogP contribution < -0.4 is 10.2 Å². The number of rotatable bonds is 4. The lowest BCUT2D eigenvalue weighted by Gasteiger charge is -2.15. The van der Waals surface area contributed by atoms with Crippen molar-refractivity contribution in [2.45, 2.75) is 19.3 Å². The summed E-state index contributed by atoms with van der Waals surface area (Å²) in [6.45, 7) is 3.18. The van der Waals surface area contributed by atoms with E-state index in [1.807, 2.05) is 19.3 Å². The van der Waals surface area contributed by atoms with E-state index in [0.29, 0.717) is 0 Å². The van der Waals surface area contributed by atoms with E-state index in [2.05, 4.69) is 20.2 Å². The summed E-state index contributed by atoms with van der Waals surface area (Å²) in [5.41, 5.74) is 1.13. The largest absolute Gasteiger partial charge is 0.341 e. The predicted molar refractivity (Wildman–Crippen MR) is 61.1 cm³/mol. The Morgan fingerprint density at radius 2 is 2.20 bits per heavy atom. The van der Waals surface area contributed by atoms with Crippen molar-refractivity contribution < 1.29 is 0 Å². The lowest BCUT2D eigenvalue weighted by molar-refractivity contribution is 0.768. The first-order valence-corrected chi connectivity index (χ1v) is 5.61. The molecule has 1 aromatic heterocycles. The van der Waals surface area contributed by atoms with Crippen molar-refractivity contribution in [3.63, 3.8) is 0 Å². The fourth-order valence-corrected chi connectivity index (χ4v) is 1.85. The lowest BCUT2D eigenvalue weighted by atomic mass is 10.3. The van der Waals surface area contributed by atoms with Crippen molar-refractivity contribution in [2.75, 3.05) is 31.6 Å². The van der Waals surface area contributed by atoms with E-state index in [4.69, 9.17) is 0 Å². The zero-order valence-electron chi connectivity index (χ0n) is 9.24. The van der Waals surface area contributed by atoms with Crippen LogP contribution in [0, 0.1) is 0 Å². The van der Waals surface area contributed by atoms with Crippen LogP contribution in [0.15, 0.2) is 12.3 Å². The molecule has 0 amide bonds. The van der Waals surface area contributed by atoms with Gasteiger partial charge < -0.3 is 10.2 Å². The highest BCUT2D eigenvalue weighted by Crippen LogP contribution is 2.15. The molecule has 4 nitrogen and oxygen atoms in total. The third kappa shape index (κ3) is 2.65. The number of anilines is 1. The molecule has 0 spiro atoms. The first-order chi connectivity index (χ1) is 7.40. The van der Waals surface area contributed by atoms with Crippen molar-refractivity contribution in [1.29, 1.82) is 0 Å². The van der Waals surface area contributed by atoms with Crippen LogP contribution in [0.2, 0.25) is 0 Å². The summed E-state index contributed by atoms with van der Waals surface area (Å²) in [6, 6.07) is 2.00. The summed E-state index contributed by atoms with van der Waals surface area (Å²) < 4.78 is 0. The van der Waals surface area contributed by atoms with Gasteiger partial charge in [-0.1, -0.05) is 0 Å². The Balaban J connectivity index is 2.04. The zero-order valence-corrected chi connectivity index (χ0v) is 9.24. The van der Waals surface area contributed by atoms with Crippen LogP contribution in [0.1, 0.15) is 18.5 Å². The quantitative estimate of drug-likeness (QED) is 0.792. The molecule has 0 saturated carbocycles. The van der Waals surface area contributed by atoms with Crippen LogP contribution in [0.5, 0.6) is 0 Å². The number of nitrogens with one attached hydrogen (secondary N) is 1. The molecule has 1 aliphatic rings. The maximum Gasteiger partial charge on any atom is 0.225 e. The van der Waals surface area contributed by atoms with E-state index in [-0.39, 0.29) is 0 Å². The number of hydrogen-bond acceptors (Lipinski definition) is 4. The minimum Gasteiger partial charge on any atom is -0.341 e. The van der Waals surface area contributed by atoms with Gasteiger partial charge in [-0.15, -0.1) is 0 Å². The maximum absolute atomic E-state index is 4.57. The molecule has 1 fully saturated rings. The van der Waals surface area contributed by atoms with Crippen molar-refractivity contribution in [3.8, 4) is 0 Å². The summed E-state index contributed by atoms with van der Waals surface area (Å²) >= 11 is 0. The molecule has 2 heterocycles. The van der Waals surface area contributed by atoms with Gasteiger partial charge in [-0.05, 0) is 26.0 Å². The highest BCUT2D eigenvalue weighted by atomic mass is 15.3. The Morgan fingerprint density at radius 3 is 2.93 bits per heavy atom. The summed E-state index contributed by atoms with van der Waals surface area (Å²) in [6.07, 6.45) is 5.37. The smallest absolute Gasteiger partial charge is 0.225 e.